The van der Waals surface area contributed by atoms with Crippen molar-refractivity contribution >= 4 is 20.7 Å². The number of fused-ring (bicyclic) bond motifs is 1. The van der Waals surface area contributed by atoms with E-state index in [0.717, 1.165) is 35.0 Å². The molecule has 1 aromatic heterocycles. The number of hydrogen-bond donors (Lipinski definition) is 1. The first-order valence-corrected chi connectivity index (χ1v) is 8.71. The van der Waals surface area contributed by atoms with E-state index in [9.17, 15) is 8.42 Å². The Hall–Kier alpha value is -1.33. The maximum absolute atomic E-state index is 11.7. The highest BCUT2D eigenvalue weighted by Gasteiger charge is 2.19. The number of nitrogens with zero attached hydrogens (tertiary/aromatic N) is 1. The molecule has 5 heteroatoms. The molecule has 0 saturated carbocycles. The Kier molecular flexibility index (Phi) is 3.93. The van der Waals surface area contributed by atoms with Crippen LogP contribution < -0.4 is 5.73 Å². The van der Waals surface area contributed by atoms with Gasteiger partial charge in [0.25, 0.3) is 0 Å². The van der Waals surface area contributed by atoms with Gasteiger partial charge in [0, 0.05) is 35.9 Å². The zero-order valence-corrected chi connectivity index (χ0v) is 13.3. The fourth-order valence-corrected chi connectivity index (χ4v) is 3.38. The van der Waals surface area contributed by atoms with Crippen molar-refractivity contribution in [2.45, 2.75) is 37.6 Å². The average Bonchev–Trinajstić information content (AvgIpc) is 2.61. The molecule has 1 heterocycles. The van der Waals surface area contributed by atoms with Crippen LogP contribution in [0.15, 0.2) is 23.1 Å². The maximum Gasteiger partial charge on any atom is 0.175 e. The number of nitrogens with two attached hydrogens (primary N) is 1. The van der Waals surface area contributed by atoms with E-state index in [-0.39, 0.29) is 6.04 Å². The predicted molar refractivity (Wildman–Crippen MR) is 82.6 cm³/mol. The van der Waals surface area contributed by atoms with Gasteiger partial charge in [-0.1, -0.05) is 13.3 Å². The second kappa shape index (κ2) is 5.22. The minimum atomic E-state index is -3.20. The van der Waals surface area contributed by atoms with Gasteiger partial charge in [0.05, 0.1) is 4.90 Å². The molecule has 0 spiro atoms. The van der Waals surface area contributed by atoms with E-state index in [4.69, 9.17) is 5.73 Å². The number of sulfone groups is 1. The van der Waals surface area contributed by atoms with Crippen molar-refractivity contribution in [3.8, 4) is 0 Å². The third-order valence-electron chi connectivity index (χ3n) is 3.91. The van der Waals surface area contributed by atoms with E-state index in [0.29, 0.717) is 4.90 Å². The fraction of sp³-hybridized carbons (Fsp3) is 0.467. The third kappa shape index (κ3) is 2.47. The van der Waals surface area contributed by atoms with Gasteiger partial charge in [-0.15, -0.1) is 0 Å². The van der Waals surface area contributed by atoms with E-state index >= 15 is 0 Å². The maximum atomic E-state index is 11.7. The summed E-state index contributed by atoms with van der Waals surface area (Å²) >= 11 is 0. The normalized spacial score (nSPS) is 13.8. The van der Waals surface area contributed by atoms with Crippen LogP contribution >= 0.6 is 0 Å². The van der Waals surface area contributed by atoms with Crippen LogP contribution in [0, 0.1) is 6.92 Å². The van der Waals surface area contributed by atoms with Crippen molar-refractivity contribution in [3.63, 3.8) is 0 Å². The molecule has 0 saturated heterocycles. The molecule has 0 radical (unpaired) electrons. The molecule has 0 bridgehead atoms. The van der Waals surface area contributed by atoms with Crippen LogP contribution in [0.5, 0.6) is 0 Å². The van der Waals surface area contributed by atoms with Gasteiger partial charge < -0.3 is 10.3 Å². The standard InChI is InChI=1S/C15H22N2O2S/c1-5-6-13(16)15-10(2)17(3)14-8-7-11(9-12(14)15)20(4,18)19/h7-9,13H,5-6,16H2,1-4H3. The molecule has 0 aliphatic rings. The molecule has 0 amide bonds. The summed E-state index contributed by atoms with van der Waals surface area (Å²) in [6, 6.07) is 5.22. The topological polar surface area (TPSA) is 65.1 Å². The molecule has 1 atom stereocenters. The second-order valence-corrected chi connectivity index (χ2v) is 7.42. The largest absolute Gasteiger partial charge is 0.348 e. The lowest BCUT2D eigenvalue weighted by molar-refractivity contribution is 0.602. The molecular weight excluding hydrogens is 272 g/mol. The highest BCUT2D eigenvalue weighted by atomic mass is 32.2. The SMILES string of the molecule is CCCC(N)c1c(C)n(C)c2ccc(S(C)(=O)=O)cc12. The van der Waals surface area contributed by atoms with Crippen LogP contribution in [0.4, 0.5) is 0 Å². The zero-order valence-electron chi connectivity index (χ0n) is 12.5. The van der Waals surface area contributed by atoms with Crippen LogP contribution in [0.1, 0.15) is 37.1 Å². The average molecular weight is 294 g/mol. The highest BCUT2D eigenvalue weighted by Crippen LogP contribution is 2.32. The summed E-state index contributed by atoms with van der Waals surface area (Å²) in [6.45, 7) is 4.13. The third-order valence-corrected chi connectivity index (χ3v) is 5.02. The number of benzene rings is 1. The molecule has 2 N–H and O–H groups in total. The Morgan fingerprint density at radius 1 is 1.35 bits per heavy atom. The molecule has 20 heavy (non-hydrogen) atoms. The van der Waals surface area contributed by atoms with Crippen molar-refractivity contribution in [2.75, 3.05) is 6.26 Å². The quantitative estimate of drug-likeness (QED) is 0.943. The predicted octanol–water partition coefficient (Wildman–Crippen LogP) is 2.69. The molecule has 2 aromatic rings. The van der Waals surface area contributed by atoms with Gasteiger partial charge in [-0.25, -0.2) is 8.42 Å². The van der Waals surface area contributed by atoms with Crippen molar-refractivity contribution in [1.82, 2.24) is 4.57 Å². The van der Waals surface area contributed by atoms with Gasteiger partial charge in [-0.05, 0) is 37.1 Å². The fourth-order valence-electron chi connectivity index (χ4n) is 2.73. The van der Waals surface area contributed by atoms with Gasteiger partial charge >= 0.3 is 0 Å². The lowest BCUT2D eigenvalue weighted by atomic mass is 10.00. The Labute approximate surface area is 120 Å². The summed E-state index contributed by atoms with van der Waals surface area (Å²) in [4.78, 5) is 0.348. The number of rotatable bonds is 4. The van der Waals surface area contributed by atoms with Gasteiger partial charge in [0.15, 0.2) is 9.84 Å². The molecule has 4 nitrogen and oxygen atoms in total. The smallest absolute Gasteiger partial charge is 0.175 e. The molecular formula is C15H22N2O2S. The van der Waals surface area contributed by atoms with Gasteiger partial charge in [0.1, 0.15) is 0 Å². The van der Waals surface area contributed by atoms with E-state index in [1.165, 1.54) is 6.26 Å². The summed E-state index contributed by atoms with van der Waals surface area (Å²) < 4.78 is 25.5. The Morgan fingerprint density at radius 2 is 2.00 bits per heavy atom. The van der Waals surface area contributed by atoms with E-state index in [1.54, 1.807) is 12.1 Å². The van der Waals surface area contributed by atoms with Crippen molar-refractivity contribution < 1.29 is 8.42 Å². The van der Waals surface area contributed by atoms with Crippen LogP contribution in [-0.2, 0) is 16.9 Å². The summed E-state index contributed by atoms with van der Waals surface area (Å²) in [7, 11) is -1.22. The minimum absolute atomic E-state index is 0.0569. The molecule has 0 aliphatic heterocycles. The number of hydrogen-bond acceptors (Lipinski definition) is 3. The molecule has 1 unspecified atom stereocenters. The van der Waals surface area contributed by atoms with Crippen molar-refractivity contribution in [1.29, 1.82) is 0 Å². The highest BCUT2D eigenvalue weighted by molar-refractivity contribution is 7.90. The molecule has 0 fully saturated rings. The number of aromatic nitrogens is 1. The molecule has 110 valence electrons. The lowest BCUT2D eigenvalue weighted by Gasteiger charge is -2.11. The second-order valence-electron chi connectivity index (χ2n) is 5.40. The monoisotopic (exact) mass is 294 g/mol. The van der Waals surface area contributed by atoms with E-state index in [2.05, 4.69) is 11.5 Å². The van der Waals surface area contributed by atoms with Gasteiger partial charge in [0.2, 0.25) is 0 Å². The summed E-state index contributed by atoms with van der Waals surface area (Å²) in [5, 5.41) is 0.953. The Morgan fingerprint density at radius 3 is 2.55 bits per heavy atom. The van der Waals surface area contributed by atoms with E-state index in [1.807, 2.05) is 20.0 Å². The van der Waals surface area contributed by atoms with Crippen LogP contribution in [-0.4, -0.2) is 19.2 Å². The Bertz CT molecular complexity index is 745. The van der Waals surface area contributed by atoms with Crippen LogP contribution in [0.25, 0.3) is 10.9 Å². The van der Waals surface area contributed by atoms with Crippen molar-refractivity contribution in [3.05, 3.63) is 29.5 Å². The van der Waals surface area contributed by atoms with Gasteiger partial charge in [-0.3, -0.25) is 0 Å². The van der Waals surface area contributed by atoms with E-state index < -0.39 is 9.84 Å². The molecule has 0 aliphatic carbocycles. The van der Waals surface area contributed by atoms with Crippen molar-refractivity contribution in [2.24, 2.45) is 12.8 Å². The number of aryl methyl sites for hydroxylation is 1. The first kappa shape index (κ1) is 15.1. The first-order chi connectivity index (χ1) is 9.27. The summed E-state index contributed by atoms with van der Waals surface area (Å²) in [6.07, 6.45) is 3.13. The first-order valence-electron chi connectivity index (χ1n) is 6.82. The molecule has 1 aromatic carbocycles. The lowest BCUT2D eigenvalue weighted by Crippen LogP contribution is -2.11. The van der Waals surface area contributed by atoms with Gasteiger partial charge in [-0.2, -0.15) is 0 Å². The zero-order chi connectivity index (χ0) is 15.1. The van der Waals surface area contributed by atoms with Crippen LogP contribution in [0.3, 0.4) is 0 Å². The molecule has 2 rings (SSSR count). The summed E-state index contributed by atoms with van der Waals surface area (Å²) in [5.41, 5.74) is 9.47. The Balaban J connectivity index is 2.76. The van der Waals surface area contributed by atoms with Crippen LogP contribution in [0.2, 0.25) is 0 Å². The minimum Gasteiger partial charge on any atom is -0.348 e. The summed E-state index contributed by atoms with van der Waals surface area (Å²) in [5.74, 6) is 0.